The molecule has 1 aliphatic heterocycles. The Balaban J connectivity index is 1.56. The topological polar surface area (TPSA) is 74.3 Å². The molecular weight excluding hydrogens is 301 g/mol. The highest BCUT2D eigenvalue weighted by molar-refractivity contribution is 5.90. The fourth-order valence-corrected chi connectivity index (χ4v) is 2.63. The molecule has 0 aliphatic carbocycles. The number of rotatable bonds is 4. The van der Waals surface area contributed by atoms with Crippen molar-refractivity contribution in [2.45, 2.75) is 6.54 Å². The van der Waals surface area contributed by atoms with E-state index in [-0.39, 0.29) is 23.3 Å². The molecule has 2 aromatic rings. The molecule has 2 heterocycles. The van der Waals surface area contributed by atoms with Gasteiger partial charge in [-0.1, -0.05) is 6.07 Å². The van der Waals surface area contributed by atoms with E-state index in [1.165, 1.54) is 19.5 Å². The second-order valence-electron chi connectivity index (χ2n) is 5.37. The number of H-pyrrole nitrogens is 1. The predicted octanol–water partition coefficient (Wildman–Crippen LogP) is 0.910. The van der Waals surface area contributed by atoms with Crippen LogP contribution < -0.4 is 4.74 Å². The van der Waals surface area contributed by atoms with Crippen molar-refractivity contribution in [2.75, 3.05) is 33.3 Å². The number of nitrogens with zero attached hydrogens (tertiary/aromatic N) is 4. The molecule has 1 aromatic carbocycles. The molecule has 1 aliphatic rings. The highest BCUT2D eigenvalue weighted by Gasteiger charge is 2.23. The first-order valence-corrected chi connectivity index (χ1v) is 7.37. The summed E-state index contributed by atoms with van der Waals surface area (Å²) >= 11 is 0. The zero-order valence-electron chi connectivity index (χ0n) is 12.8. The van der Waals surface area contributed by atoms with Crippen LogP contribution in [0.15, 0.2) is 24.5 Å². The largest absolute Gasteiger partial charge is 0.494 e. The molecule has 0 saturated carbocycles. The molecule has 23 heavy (non-hydrogen) atoms. The molecule has 0 unspecified atom stereocenters. The minimum absolute atomic E-state index is 0.134. The zero-order valence-corrected chi connectivity index (χ0v) is 12.8. The maximum Gasteiger partial charge on any atom is 0.291 e. The SMILES string of the molecule is COc1cc(CN2CCN(C(=O)c3ncn[nH]3)CC2)ccc1F. The van der Waals surface area contributed by atoms with Crippen LogP contribution in [0.1, 0.15) is 16.2 Å². The lowest BCUT2D eigenvalue weighted by Gasteiger charge is -2.34. The van der Waals surface area contributed by atoms with Gasteiger partial charge in [-0.25, -0.2) is 9.37 Å². The Morgan fingerprint density at radius 3 is 2.78 bits per heavy atom. The van der Waals surface area contributed by atoms with Crippen molar-refractivity contribution in [3.05, 3.63) is 41.7 Å². The highest BCUT2D eigenvalue weighted by atomic mass is 19.1. The van der Waals surface area contributed by atoms with E-state index in [0.717, 1.165) is 18.7 Å². The number of piperazine rings is 1. The Bertz CT molecular complexity index is 669. The highest BCUT2D eigenvalue weighted by Crippen LogP contribution is 2.19. The molecule has 1 amide bonds. The van der Waals surface area contributed by atoms with Crippen molar-refractivity contribution in [3.63, 3.8) is 0 Å². The van der Waals surface area contributed by atoms with E-state index in [4.69, 9.17) is 4.74 Å². The van der Waals surface area contributed by atoms with Crippen molar-refractivity contribution in [1.29, 1.82) is 0 Å². The van der Waals surface area contributed by atoms with Crippen LogP contribution in [-0.2, 0) is 6.54 Å². The van der Waals surface area contributed by atoms with Crippen LogP contribution in [-0.4, -0.2) is 64.2 Å². The van der Waals surface area contributed by atoms with E-state index >= 15 is 0 Å². The number of nitrogens with one attached hydrogen (secondary N) is 1. The van der Waals surface area contributed by atoms with E-state index in [0.29, 0.717) is 19.6 Å². The van der Waals surface area contributed by atoms with Gasteiger partial charge in [-0.2, -0.15) is 5.10 Å². The number of halogens is 1. The number of amides is 1. The van der Waals surface area contributed by atoms with Gasteiger partial charge in [-0.05, 0) is 17.7 Å². The van der Waals surface area contributed by atoms with E-state index in [9.17, 15) is 9.18 Å². The summed E-state index contributed by atoms with van der Waals surface area (Å²) < 4.78 is 18.4. The molecule has 1 fully saturated rings. The summed E-state index contributed by atoms with van der Waals surface area (Å²) in [6.45, 7) is 3.44. The Hall–Kier alpha value is -2.48. The normalized spacial score (nSPS) is 15.7. The summed E-state index contributed by atoms with van der Waals surface area (Å²) in [4.78, 5) is 20.0. The Labute approximate surface area is 133 Å². The molecule has 3 rings (SSSR count). The molecule has 1 aromatic heterocycles. The van der Waals surface area contributed by atoms with Gasteiger partial charge >= 0.3 is 0 Å². The van der Waals surface area contributed by atoms with Crippen molar-refractivity contribution in [3.8, 4) is 5.75 Å². The molecule has 8 heteroatoms. The number of carbonyl (C=O) groups excluding carboxylic acids is 1. The maximum absolute atomic E-state index is 13.4. The van der Waals surface area contributed by atoms with Crippen LogP contribution in [0, 0.1) is 5.82 Å². The summed E-state index contributed by atoms with van der Waals surface area (Å²) in [7, 11) is 1.45. The number of carbonyl (C=O) groups is 1. The first kappa shape index (κ1) is 15.4. The number of aromatic amines is 1. The lowest BCUT2D eigenvalue weighted by Crippen LogP contribution is -2.48. The zero-order chi connectivity index (χ0) is 16.2. The minimum atomic E-state index is -0.362. The average Bonchev–Trinajstić information content (AvgIpc) is 3.11. The predicted molar refractivity (Wildman–Crippen MR) is 80.5 cm³/mol. The number of aromatic nitrogens is 3. The molecule has 0 spiro atoms. The Morgan fingerprint density at radius 2 is 2.13 bits per heavy atom. The fourth-order valence-electron chi connectivity index (χ4n) is 2.63. The molecule has 1 N–H and O–H groups in total. The summed E-state index contributed by atoms with van der Waals surface area (Å²) in [5.74, 6) is 0.0210. The lowest BCUT2D eigenvalue weighted by molar-refractivity contribution is 0.0617. The van der Waals surface area contributed by atoms with Gasteiger partial charge in [0.2, 0.25) is 5.82 Å². The Kier molecular flexibility index (Phi) is 4.52. The van der Waals surface area contributed by atoms with E-state index in [2.05, 4.69) is 20.1 Å². The molecule has 7 nitrogen and oxygen atoms in total. The van der Waals surface area contributed by atoms with Gasteiger partial charge in [-0.3, -0.25) is 14.8 Å². The summed E-state index contributed by atoms with van der Waals surface area (Å²) in [6.07, 6.45) is 1.32. The van der Waals surface area contributed by atoms with Gasteiger partial charge in [0.05, 0.1) is 7.11 Å². The summed E-state index contributed by atoms with van der Waals surface area (Å²) in [5, 5.41) is 6.28. The monoisotopic (exact) mass is 319 g/mol. The standard InChI is InChI=1S/C15H18FN5O2/c1-23-13-8-11(2-3-12(13)16)9-20-4-6-21(7-5-20)15(22)14-17-10-18-19-14/h2-3,8,10H,4-7,9H2,1H3,(H,17,18,19). The van der Waals surface area contributed by atoms with Crippen LogP contribution in [0.2, 0.25) is 0 Å². The van der Waals surface area contributed by atoms with E-state index < -0.39 is 0 Å². The number of hydrogen-bond acceptors (Lipinski definition) is 5. The third-order valence-electron chi connectivity index (χ3n) is 3.90. The van der Waals surface area contributed by atoms with Gasteiger partial charge in [0.1, 0.15) is 6.33 Å². The van der Waals surface area contributed by atoms with Crippen LogP contribution in [0.3, 0.4) is 0 Å². The second kappa shape index (κ2) is 6.74. The van der Waals surface area contributed by atoms with Crippen molar-refractivity contribution < 1.29 is 13.9 Å². The minimum Gasteiger partial charge on any atom is -0.494 e. The fraction of sp³-hybridized carbons (Fsp3) is 0.400. The van der Waals surface area contributed by atoms with Gasteiger partial charge in [0.25, 0.3) is 5.91 Å². The Morgan fingerprint density at radius 1 is 1.35 bits per heavy atom. The van der Waals surface area contributed by atoms with Crippen molar-refractivity contribution in [2.24, 2.45) is 0 Å². The molecular formula is C15H18FN5O2. The van der Waals surface area contributed by atoms with Crippen molar-refractivity contribution >= 4 is 5.91 Å². The maximum atomic E-state index is 13.4. The first-order chi connectivity index (χ1) is 11.2. The quantitative estimate of drug-likeness (QED) is 0.907. The molecule has 0 bridgehead atoms. The van der Waals surface area contributed by atoms with E-state index in [1.54, 1.807) is 17.0 Å². The third kappa shape index (κ3) is 3.48. The number of hydrogen-bond donors (Lipinski definition) is 1. The average molecular weight is 319 g/mol. The number of benzene rings is 1. The van der Waals surface area contributed by atoms with Gasteiger partial charge in [0.15, 0.2) is 11.6 Å². The van der Waals surface area contributed by atoms with Gasteiger partial charge in [0, 0.05) is 32.7 Å². The van der Waals surface area contributed by atoms with Gasteiger partial charge < -0.3 is 9.64 Å². The van der Waals surface area contributed by atoms with Crippen molar-refractivity contribution in [1.82, 2.24) is 25.0 Å². The van der Waals surface area contributed by atoms with E-state index in [1.807, 2.05) is 0 Å². The molecule has 0 radical (unpaired) electrons. The molecule has 0 atom stereocenters. The number of methoxy groups -OCH3 is 1. The smallest absolute Gasteiger partial charge is 0.291 e. The third-order valence-corrected chi connectivity index (χ3v) is 3.90. The molecule has 1 saturated heterocycles. The summed E-state index contributed by atoms with van der Waals surface area (Å²) in [6, 6.07) is 4.88. The molecule has 122 valence electrons. The number of ether oxygens (including phenoxy) is 1. The lowest BCUT2D eigenvalue weighted by atomic mass is 10.1. The first-order valence-electron chi connectivity index (χ1n) is 7.37. The van der Waals surface area contributed by atoms with Crippen LogP contribution in [0.5, 0.6) is 5.75 Å². The van der Waals surface area contributed by atoms with Crippen LogP contribution >= 0.6 is 0 Å². The van der Waals surface area contributed by atoms with Crippen LogP contribution in [0.4, 0.5) is 4.39 Å². The van der Waals surface area contributed by atoms with Gasteiger partial charge in [-0.15, -0.1) is 0 Å². The van der Waals surface area contributed by atoms with Crippen LogP contribution in [0.25, 0.3) is 0 Å². The summed E-state index contributed by atoms with van der Waals surface area (Å²) in [5.41, 5.74) is 0.985. The second-order valence-corrected chi connectivity index (χ2v) is 5.37.